The molecule has 0 N–H and O–H groups in total. The van der Waals surface area contributed by atoms with E-state index in [-0.39, 0.29) is 0 Å². The third-order valence-electron chi connectivity index (χ3n) is 4.93. The number of pyridine rings is 1. The van der Waals surface area contributed by atoms with E-state index in [4.69, 9.17) is 32.6 Å². The monoisotopic (exact) mass is 531 g/mol. The number of rotatable bonds is 6. The van der Waals surface area contributed by atoms with Crippen molar-refractivity contribution >= 4 is 28.4 Å². The fourth-order valence-electron chi connectivity index (χ4n) is 3.87. The number of hydrogen-bond acceptors (Lipinski definition) is 1. The van der Waals surface area contributed by atoms with Crippen LogP contribution in [0.3, 0.4) is 0 Å². The van der Waals surface area contributed by atoms with Gasteiger partial charge >= 0.3 is 37.9 Å². The van der Waals surface area contributed by atoms with Crippen LogP contribution < -0.4 is 0 Å². The maximum absolute atomic E-state index is 4.93. The van der Waals surface area contributed by atoms with Gasteiger partial charge in [0.05, 0.1) is 0 Å². The fourth-order valence-corrected chi connectivity index (χ4v) is 3.87. The Kier molecular flexibility index (Phi) is 10.6. The second-order valence-electron chi connectivity index (χ2n) is 7.82. The predicted molar refractivity (Wildman–Crippen MR) is 131 cm³/mol. The number of aryl methyl sites for hydroxylation is 6. The molecular formula is C25H29Cl2N3Zr. The van der Waals surface area contributed by atoms with E-state index in [9.17, 15) is 0 Å². The van der Waals surface area contributed by atoms with Gasteiger partial charge in [0, 0.05) is 11.4 Å². The van der Waals surface area contributed by atoms with E-state index >= 15 is 0 Å². The Labute approximate surface area is 205 Å². The van der Waals surface area contributed by atoms with Crippen molar-refractivity contribution in [3.63, 3.8) is 0 Å². The van der Waals surface area contributed by atoms with Gasteiger partial charge in [-0.05, 0) is 53.7 Å². The topological polar surface area (TPSA) is 41.1 Å². The van der Waals surface area contributed by atoms with Crippen LogP contribution in [0.25, 0.3) is 10.6 Å². The molecule has 0 amide bonds. The van der Waals surface area contributed by atoms with Gasteiger partial charge in [0.25, 0.3) is 0 Å². The van der Waals surface area contributed by atoms with Crippen LogP contribution in [0.5, 0.6) is 0 Å². The van der Waals surface area contributed by atoms with Gasteiger partial charge in [-0.25, -0.2) is 0 Å². The van der Waals surface area contributed by atoms with Crippen LogP contribution >= 0.6 is 17.0 Å². The first kappa shape index (κ1) is 25.9. The van der Waals surface area contributed by atoms with Crippen molar-refractivity contribution in [2.75, 3.05) is 0 Å². The van der Waals surface area contributed by atoms with Crippen molar-refractivity contribution in [1.82, 2.24) is 4.98 Å². The Morgan fingerprint density at radius 3 is 1.32 bits per heavy atom. The van der Waals surface area contributed by atoms with Crippen molar-refractivity contribution in [2.45, 2.75) is 54.6 Å². The number of halogens is 2. The average molecular weight is 534 g/mol. The van der Waals surface area contributed by atoms with E-state index in [1.165, 1.54) is 33.4 Å². The molecule has 0 aliphatic rings. The van der Waals surface area contributed by atoms with Crippen molar-refractivity contribution in [2.24, 2.45) is 0 Å². The summed E-state index contributed by atoms with van der Waals surface area (Å²) in [5.74, 6) is 0. The summed E-state index contributed by atoms with van der Waals surface area (Å²) in [7, 11) is 9.87. The maximum atomic E-state index is 4.93. The Morgan fingerprint density at radius 1 is 0.677 bits per heavy atom. The molecule has 0 spiro atoms. The second kappa shape index (κ2) is 12.6. The van der Waals surface area contributed by atoms with Crippen LogP contribution in [0.15, 0.2) is 42.5 Å². The van der Waals surface area contributed by atoms with Gasteiger partial charge in [-0.1, -0.05) is 76.8 Å². The molecule has 1 aromatic heterocycles. The SMILES string of the molecule is Cc1cc(C)c([N-]Cc2cccc(C[N-]c3c(C)cc(C)cc3C)n2)c(C)c1.[Cl][Zr+2][Cl]. The zero-order valence-electron chi connectivity index (χ0n) is 19.1. The van der Waals surface area contributed by atoms with Crippen molar-refractivity contribution < 1.29 is 20.8 Å². The molecule has 0 bridgehead atoms. The number of benzene rings is 2. The quantitative estimate of drug-likeness (QED) is 0.312. The molecule has 0 saturated heterocycles. The fraction of sp³-hybridized carbons (Fsp3) is 0.320. The molecule has 0 fully saturated rings. The third-order valence-corrected chi connectivity index (χ3v) is 4.93. The Balaban J connectivity index is 0.00000107. The van der Waals surface area contributed by atoms with Crippen LogP contribution in [0.1, 0.15) is 44.8 Å². The van der Waals surface area contributed by atoms with Crippen LogP contribution in [-0.2, 0) is 33.9 Å². The van der Waals surface area contributed by atoms with Gasteiger partial charge < -0.3 is 10.6 Å². The normalized spacial score (nSPS) is 10.1. The predicted octanol–water partition coefficient (Wildman–Crippen LogP) is 8.72. The molecule has 0 aliphatic heterocycles. The van der Waals surface area contributed by atoms with Gasteiger partial charge in [0.15, 0.2) is 0 Å². The molecular weight excluding hydrogens is 504 g/mol. The molecule has 3 nitrogen and oxygen atoms in total. The molecule has 0 atom stereocenters. The Hall–Kier alpha value is -1.35. The summed E-state index contributed by atoms with van der Waals surface area (Å²) in [5, 5.41) is 9.64. The van der Waals surface area contributed by atoms with Crippen LogP contribution in [0.2, 0.25) is 0 Å². The average Bonchev–Trinajstić information content (AvgIpc) is 2.67. The summed E-state index contributed by atoms with van der Waals surface area (Å²) in [5.41, 5.74) is 11.5. The summed E-state index contributed by atoms with van der Waals surface area (Å²) in [6, 6.07) is 14.8. The molecule has 0 radical (unpaired) electrons. The van der Waals surface area contributed by atoms with Gasteiger partial charge in [0.1, 0.15) is 0 Å². The van der Waals surface area contributed by atoms with Gasteiger partial charge in [-0.15, -0.1) is 11.4 Å². The molecule has 1 heterocycles. The standard InChI is InChI=1S/C25H29N3.2ClH.Zr/c1-16-10-18(3)24(19(4)11-16)26-14-22-8-7-9-23(28-22)15-27-25-20(5)12-17(2)13-21(25)6;;;/h7-13H,14-15H2,1-6H3;2*1H;/q-2;;;+4/p-2. The molecule has 0 aliphatic carbocycles. The second-order valence-corrected chi connectivity index (χ2v) is 11.6. The van der Waals surface area contributed by atoms with Crippen LogP contribution in [0, 0.1) is 41.5 Å². The molecule has 0 saturated carbocycles. The van der Waals surface area contributed by atoms with Crippen molar-refractivity contribution in [3.8, 4) is 0 Å². The first-order valence-electron chi connectivity index (χ1n) is 10.2. The van der Waals surface area contributed by atoms with Gasteiger partial charge in [0.2, 0.25) is 0 Å². The Bertz CT molecular complexity index is 899. The van der Waals surface area contributed by atoms with E-state index < -0.39 is 20.8 Å². The molecule has 3 aromatic rings. The summed E-state index contributed by atoms with van der Waals surface area (Å²) in [6.07, 6.45) is 0. The molecule has 2 aromatic carbocycles. The molecule has 3 rings (SSSR count). The minimum atomic E-state index is -0.826. The van der Waals surface area contributed by atoms with E-state index in [1.807, 2.05) is 18.2 Å². The van der Waals surface area contributed by atoms with E-state index in [0.717, 1.165) is 22.8 Å². The molecule has 31 heavy (non-hydrogen) atoms. The molecule has 162 valence electrons. The first-order valence-corrected chi connectivity index (χ1v) is 16.5. The number of nitrogens with zero attached hydrogens (tertiary/aromatic N) is 3. The van der Waals surface area contributed by atoms with E-state index in [1.54, 1.807) is 0 Å². The molecule has 6 heteroatoms. The summed E-state index contributed by atoms with van der Waals surface area (Å²) >= 11 is -0.826. The molecule has 0 unspecified atom stereocenters. The third kappa shape index (κ3) is 7.93. The summed E-state index contributed by atoms with van der Waals surface area (Å²) in [4.78, 5) is 4.77. The zero-order valence-corrected chi connectivity index (χ0v) is 23.0. The summed E-state index contributed by atoms with van der Waals surface area (Å²) in [6.45, 7) is 13.9. The van der Waals surface area contributed by atoms with E-state index in [0.29, 0.717) is 13.1 Å². The van der Waals surface area contributed by atoms with Gasteiger partial charge in [-0.3, -0.25) is 4.98 Å². The van der Waals surface area contributed by atoms with Gasteiger partial charge in [-0.2, -0.15) is 0 Å². The summed E-state index contributed by atoms with van der Waals surface area (Å²) < 4.78 is 0. The number of hydrogen-bond donors (Lipinski definition) is 0. The minimum absolute atomic E-state index is 0.584. The van der Waals surface area contributed by atoms with E-state index in [2.05, 4.69) is 65.8 Å². The Morgan fingerprint density at radius 2 is 1.00 bits per heavy atom. The van der Waals surface area contributed by atoms with Crippen molar-refractivity contribution in [3.05, 3.63) is 97.9 Å². The van der Waals surface area contributed by atoms with Crippen LogP contribution in [-0.4, -0.2) is 4.98 Å². The van der Waals surface area contributed by atoms with Crippen molar-refractivity contribution in [1.29, 1.82) is 0 Å². The zero-order chi connectivity index (χ0) is 23.0. The van der Waals surface area contributed by atoms with Crippen LogP contribution in [0.4, 0.5) is 11.4 Å². The first-order chi connectivity index (χ1) is 14.7. The number of aromatic nitrogens is 1.